The van der Waals surface area contributed by atoms with Gasteiger partial charge in [0.2, 0.25) is 17.8 Å². The van der Waals surface area contributed by atoms with Crippen molar-refractivity contribution in [3.8, 4) is 175 Å². The maximum atomic E-state index is 5.41. The Balaban J connectivity index is 0.000000100. The number of thiophene rings is 1. The minimum Gasteiger partial charge on any atom is -0.278 e. The molecule has 21 aromatic carbocycles. The third-order valence-electron chi connectivity index (χ3n) is 31.8. The van der Waals surface area contributed by atoms with Gasteiger partial charge in [-0.1, -0.05) is 410 Å². The van der Waals surface area contributed by atoms with Crippen molar-refractivity contribution in [3.63, 3.8) is 0 Å². The van der Waals surface area contributed by atoms with Crippen molar-refractivity contribution < 1.29 is 0 Å². The molecule has 7 heterocycles. The molecule has 148 heavy (non-hydrogen) atoms. The summed E-state index contributed by atoms with van der Waals surface area (Å²) in [7, 11) is 0. The highest BCUT2D eigenvalue weighted by Gasteiger charge is 2.41. The Hall–Kier alpha value is -19.0. The molecular weight excluding hydrogens is 1820 g/mol. The highest BCUT2D eigenvalue weighted by Crippen LogP contribution is 2.58. The first-order chi connectivity index (χ1) is 72.9. The zero-order valence-electron chi connectivity index (χ0n) is 80.8. The van der Waals surface area contributed by atoms with Gasteiger partial charge in [0.25, 0.3) is 0 Å². The van der Waals surface area contributed by atoms with Crippen LogP contribution < -0.4 is 0 Å². The zero-order valence-corrected chi connectivity index (χ0v) is 81.7. The van der Waals surface area contributed by atoms with Gasteiger partial charge in [-0.2, -0.15) is 29.9 Å². The smallest absolute Gasteiger partial charge is 0.238 e. The number of nitrogens with zero attached hydrogens (tertiary/aromatic N) is 12. The van der Waals surface area contributed by atoms with Crippen LogP contribution >= 0.6 is 11.3 Å². The number of fused-ring (bicyclic) bond motifs is 18. The summed E-state index contributed by atoms with van der Waals surface area (Å²) in [4.78, 5) is 47.4. The van der Waals surface area contributed by atoms with Crippen LogP contribution in [-0.4, -0.2) is 58.6 Å². The lowest BCUT2D eigenvalue weighted by Gasteiger charge is -2.24. The highest BCUT2D eigenvalue weighted by atomic mass is 32.1. The summed E-state index contributed by atoms with van der Waals surface area (Å²) < 4.78 is 9.24. The van der Waals surface area contributed by atoms with E-state index >= 15 is 0 Å². The maximum Gasteiger partial charge on any atom is 0.238 e. The predicted octanol–water partition coefficient (Wildman–Crippen LogP) is 34.3. The Bertz CT molecular complexity index is 10700. The summed E-state index contributed by atoms with van der Waals surface area (Å²) in [6, 6.07) is 156. The van der Waals surface area contributed by atoms with Crippen molar-refractivity contribution in [2.24, 2.45) is 0 Å². The molecule has 7 aromatic heterocycles. The van der Waals surface area contributed by atoms with Gasteiger partial charge >= 0.3 is 0 Å². The Kier molecular flexibility index (Phi) is 18.0. The average molecular weight is 1910 g/mol. The normalized spacial score (nSPS) is 13.1. The summed E-state index contributed by atoms with van der Waals surface area (Å²) in [5.74, 6) is 5.79. The van der Waals surface area contributed by atoms with E-state index in [9.17, 15) is 0 Å². The molecule has 0 amide bonds. The summed E-state index contributed by atoms with van der Waals surface area (Å²) in [5, 5.41) is 17.3. The van der Waals surface area contributed by atoms with Gasteiger partial charge in [0.1, 0.15) is 0 Å². The van der Waals surface area contributed by atoms with Crippen LogP contribution in [0.15, 0.2) is 437 Å². The van der Waals surface area contributed by atoms with E-state index < -0.39 is 0 Å². The quantitative estimate of drug-likeness (QED) is 0.139. The lowest BCUT2D eigenvalue weighted by Crippen LogP contribution is -2.17. The van der Waals surface area contributed by atoms with Crippen LogP contribution in [0.25, 0.3) is 293 Å². The van der Waals surface area contributed by atoms with Gasteiger partial charge in [-0.3, -0.25) is 13.7 Å². The summed E-state index contributed by atoms with van der Waals surface area (Å²) in [5.41, 5.74) is 37.3. The van der Waals surface area contributed by atoms with Crippen LogP contribution in [0, 0.1) is 0 Å². The molecule has 0 spiro atoms. The van der Waals surface area contributed by atoms with Gasteiger partial charge in [0, 0.05) is 96.7 Å². The number of rotatable bonds is 9. The van der Waals surface area contributed by atoms with Crippen molar-refractivity contribution in [2.45, 2.75) is 38.5 Å². The molecule has 13 heteroatoms. The fraction of sp³-hybridized carbons (Fsp3) is 0.0444. The van der Waals surface area contributed by atoms with Crippen molar-refractivity contribution in [1.29, 1.82) is 0 Å². The molecule has 0 bridgehead atoms. The molecule has 0 atom stereocenters. The molecule has 5 aliphatic carbocycles. The Labute approximate surface area is 854 Å². The average Bonchev–Trinajstić information content (AvgIpc) is 1.52. The van der Waals surface area contributed by atoms with Crippen LogP contribution in [-0.2, 0) is 10.8 Å². The number of hydrogen-bond donors (Lipinski definition) is 0. The van der Waals surface area contributed by atoms with Crippen molar-refractivity contribution in [3.05, 3.63) is 459 Å². The Morgan fingerprint density at radius 1 is 0.176 bits per heavy atom. The van der Waals surface area contributed by atoms with Crippen molar-refractivity contribution in [2.75, 3.05) is 0 Å². The molecule has 0 N–H and O–H groups in total. The maximum absolute atomic E-state index is 5.41. The van der Waals surface area contributed by atoms with Crippen molar-refractivity contribution in [1.82, 2.24) is 58.6 Å². The molecule has 28 aromatic rings. The van der Waals surface area contributed by atoms with Gasteiger partial charge in [0.05, 0.1) is 33.1 Å². The minimum absolute atomic E-state index is 0.133. The molecular formula is C135H84N12S. The van der Waals surface area contributed by atoms with Gasteiger partial charge in [-0.05, 0) is 198 Å². The molecule has 0 aliphatic heterocycles. The van der Waals surface area contributed by atoms with E-state index in [0.717, 1.165) is 66.5 Å². The van der Waals surface area contributed by atoms with E-state index in [1.165, 1.54) is 196 Å². The van der Waals surface area contributed by atoms with Crippen LogP contribution in [0.4, 0.5) is 0 Å². The minimum atomic E-state index is -0.219. The fourth-order valence-electron chi connectivity index (χ4n) is 25.4. The van der Waals surface area contributed by atoms with Crippen LogP contribution in [0.3, 0.4) is 0 Å². The van der Waals surface area contributed by atoms with Gasteiger partial charge in [-0.15, -0.1) is 11.3 Å². The van der Waals surface area contributed by atoms with Crippen molar-refractivity contribution >= 4 is 129 Å². The molecule has 0 unspecified atom stereocenters. The van der Waals surface area contributed by atoms with E-state index in [2.05, 4.69) is 424 Å². The second kappa shape index (κ2) is 31.8. The predicted molar refractivity (Wildman–Crippen MR) is 609 cm³/mol. The van der Waals surface area contributed by atoms with E-state index in [1.54, 1.807) is 11.3 Å². The fourth-order valence-corrected chi connectivity index (χ4v) is 26.5. The molecule has 0 saturated carbocycles. The lowest BCUT2D eigenvalue weighted by molar-refractivity contribution is 0.660. The zero-order chi connectivity index (χ0) is 97.6. The Morgan fingerprint density at radius 3 is 0.919 bits per heavy atom. The van der Waals surface area contributed by atoms with E-state index in [1.807, 2.05) is 54.6 Å². The first-order valence-electron chi connectivity index (χ1n) is 50.6. The molecule has 0 saturated heterocycles. The first kappa shape index (κ1) is 83.6. The molecule has 0 radical (unpaired) electrons. The van der Waals surface area contributed by atoms with Crippen LogP contribution in [0.2, 0.25) is 0 Å². The third-order valence-corrected chi connectivity index (χ3v) is 32.9. The lowest BCUT2D eigenvalue weighted by atomic mass is 9.80. The number of hydrogen-bond acceptors (Lipinski definition) is 10. The molecule has 33 rings (SSSR count). The SMILES string of the molecule is CC1(C)c2ccccc2-c2ccc(-c3nc(-c4ccccc4)nc(-n4c5cccc6c5c5c7c(cccc7ccc54)-c4ccccc4-6)n3)cc21.CC1(C)c2ccccc2-c2cccc(-c3nc(-c4ccccc4)nc(-n4c5cccc6c5c5c7c(cccc7ccc54)-c4ccccc4-6)n3)c21.c1ccc(-c2nc(-c3cccc4sc5ccccc5c34)nc(-n3c4cccc5c4c4c6c(cccc6ccc43)-c3ccccc3-5)n2)cc1. The largest absolute Gasteiger partial charge is 0.278 e. The summed E-state index contributed by atoms with van der Waals surface area (Å²) in [6.07, 6.45) is 0. The second-order valence-corrected chi connectivity index (χ2v) is 41.5. The van der Waals surface area contributed by atoms with Gasteiger partial charge in [-0.25, -0.2) is 15.0 Å². The van der Waals surface area contributed by atoms with Gasteiger partial charge < -0.3 is 0 Å². The van der Waals surface area contributed by atoms with E-state index in [-0.39, 0.29) is 10.8 Å². The Morgan fingerprint density at radius 2 is 0.473 bits per heavy atom. The molecule has 12 nitrogen and oxygen atoms in total. The topological polar surface area (TPSA) is 131 Å². The third kappa shape index (κ3) is 12.2. The first-order valence-corrected chi connectivity index (χ1v) is 51.4. The van der Waals surface area contributed by atoms with Crippen LogP contribution in [0.5, 0.6) is 0 Å². The summed E-state index contributed by atoms with van der Waals surface area (Å²) in [6.45, 7) is 9.25. The van der Waals surface area contributed by atoms with E-state index in [4.69, 9.17) is 44.9 Å². The number of benzene rings is 21. The summed E-state index contributed by atoms with van der Waals surface area (Å²) >= 11 is 1.81. The van der Waals surface area contributed by atoms with E-state index in [0.29, 0.717) is 52.8 Å². The molecule has 0 fully saturated rings. The number of aromatic nitrogens is 12. The molecule has 690 valence electrons. The van der Waals surface area contributed by atoms with Crippen LogP contribution in [0.1, 0.15) is 49.9 Å². The van der Waals surface area contributed by atoms with Gasteiger partial charge in [0.15, 0.2) is 34.9 Å². The standard InChI is InChI=1S/2C46H30N4.C43H24N4S/c1-46(2)36-23-9-8-18-31(36)34-21-11-22-35(42(34)46)44-47-43(28-13-4-3-5-14-28)48-45(49-44)50-37-24-12-20-33-30-17-7-6-16-29(30)32-19-10-15-27-25-26-38(50)41(39(27)32)40(33)37;1-46(2)36-20-9-8-17-32(36)33-24-22-29(26-37(33)46)44-47-43(28-12-4-3-5-13-28)48-45(49-44)50-38-21-11-19-35-31-16-7-6-15-30(31)34-18-10-14-27-23-25-39(50)42(40(27)34)41(35)38;1-2-11-26(12-3-1)41-44-42(32-19-10-22-36-38(32)31-16-6-7-21-35(31)48-36)46-43(45-41)47-33-20-9-18-30-28-15-5-4-14-27(28)29-17-8-13-25-23-24-34(47)40(37(25)29)39(30)33/h2*3-26H,1-2H3;1-24H. The second-order valence-electron chi connectivity index (χ2n) is 40.4. The highest BCUT2D eigenvalue weighted by molar-refractivity contribution is 7.26. The molecule has 5 aliphatic rings. The monoisotopic (exact) mass is 1900 g/mol.